The number of halogens is 2. The molecule has 0 saturated carbocycles. The molecule has 5 rings (SSSR count). The number of para-hydroxylation sites is 2. The molecule has 4 aromatic rings. The first-order valence-electron chi connectivity index (χ1n) is 12.7. The van der Waals surface area contributed by atoms with Gasteiger partial charge >= 0.3 is 0 Å². The van der Waals surface area contributed by atoms with E-state index in [0.29, 0.717) is 17.1 Å². The molecule has 1 aliphatic rings. The molecular formula is C29H29BrClN5O5. The van der Waals surface area contributed by atoms with E-state index in [1.807, 2.05) is 30.3 Å². The summed E-state index contributed by atoms with van der Waals surface area (Å²) < 4.78 is 11.8. The molecule has 2 atom stereocenters. The molecule has 0 bridgehead atoms. The molecule has 2 heterocycles. The third kappa shape index (κ3) is 5.92. The topological polar surface area (TPSA) is 117 Å². The molecule has 12 heteroatoms. The van der Waals surface area contributed by atoms with Crippen LogP contribution in [-0.2, 0) is 16.1 Å². The van der Waals surface area contributed by atoms with Crippen molar-refractivity contribution in [3.63, 3.8) is 0 Å². The number of amides is 3. The van der Waals surface area contributed by atoms with Gasteiger partial charge < -0.3 is 29.7 Å². The van der Waals surface area contributed by atoms with E-state index in [-0.39, 0.29) is 43.1 Å². The third-order valence-electron chi connectivity index (χ3n) is 7.02. The number of methoxy groups -OCH3 is 1. The lowest BCUT2D eigenvalue weighted by Crippen LogP contribution is -2.55. The van der Waals surface area contributed by atoms with Crippen LogP contribution in [-0.4, -0.2) is 55.7 Å². The first kappa shape index (κ1) is 30.0. The summed E-state index contributed by atoms with van der Waals surface area (Å²) in [5.41, 5.74) is 1.80. The zero-order valence-corrected chi connectivity index (χ0v) is 25.0. The summed E-state index contributed by atoms with van der Waals surface area (Å²) in [6, 6.07) is 16.7. The highest BCUT2D eigenvalue weighted by molar-refractivity contribution is 9.10. The lowest BCUT2D eigenvalue weighted by molar-refractivity contribution is -0.128. The van der Waals surface area contributed by atoms with Crippen molar-refractivity contribution in [1.29, 1.82) is 0 Å². The van der Waals surface area contributed by atoms with Gasteiger partial charge in [-0.25, -0.2) is 0 Å². The highest BCUT2D eigenvalue weighted by atomic mass is 79.9. The van der Waals surface area contributed by atoms with Gasteiger partial charge in [0.05, 0.1) is 43.8 Å². The molecule has 3 amide bonds. The number of benzene rings is 3. The van der Waals surface area contributed by atoms with Crippen molar-refractivity contribution in [3.8, 4) is 5.75 Å². The Balaban J connectivity index is 0.00000387. The van der Waals surface area contributed by atoms with Crippen LogP contribution in [0.2, 0.25) is 0 Å². The fourth-order valence-electron chi connectivity index (χ4n) is 4.79. The highest BCUT2D eigenvalue weighted by Gasteiger charge is 2.38. The Bertz CT molecular complexity index is 1580. The van der Waals surface area contributed by atoms with E-state index in [9.17, 15) is 14.4 Å². The second-order valence-electron chi connectivity index (χ2n) is 9.39. The molecule has 0 fully saturated rings. The zero-order valence-electron chi connectivity index (χ0n) is 22.6. The van der Waals surface area contributed by atoms with Crippen LogP contribution < -0.4 is 25.2 Å². The number of anilines is 2. The van der Waals surface area contributed by atoms with Crippen LogP contribution >= 0.6 is 28.3 Å². The number of hydrogen-bond acceptors (Lipinski definition) is 7. The minimum Gasteiger partial charge on any atom is -0.496 e. The van der Waals surface area contributed by atoms with Gasteiger partial charge in [-0.3, -0.25) is 14.4 Å². The molecule has 0 radical (unpaired) electrons. The first-order valence-corrected chi connectivity index (χ1v) is 13.5. The fourth-order valence-corrected chi connectivity index (χ4v) is 5.17. The Hall–Kier alpha value is -3.93. The van der Waals surface area contributed by atoms with Crippen LogP contribution in [0.1, 0.15) is 23.0 Å². The maximum absolute atomic E-state index is 14.3. The zero-order chi connectivity index (χ0) is 28.4. The third-order valence-corrected chi connectivity index (χ3v) is 7.51. The largest absolute Gasteiger partial charge is 0.496 e. The number of fused-ring (bicyclic) bond motifs is 2. The molecule has 0 spiro atoms. The SMILES string of the molecule is CN[C@@H](C)C(=O)N[C@H]1CN(C(=O)c2ccno2)c2ccccc2N(Cc2c(OC)ccc3cc(Br)ccc23)C1=O.Cl. The number of likely N-dealkylation sites (N-methyl/N-ethyl adjacent to an activating group) is 1. The molecule has 214 valence electrons. The van der Waals surface area contributed by atoms with Gasteiger partial charge in [-0.15, -0.1) is 12.4 Å². The summed E-state index contributed by atoms with van der Waals surface area (Å²) in [6.45, 7) is 1.73. The second-order valence-corrected chi connectivity index (χ2v) is 10.3. The number of aromatic nitrogens is 1. The molecular weight excluding hydrogens is 614 g/mol. The Morgan fingerprint density at radius 3 is 2.59 bits per heavy atom. The minimum atomic E-state index is -1.04. The van der Waals surface area contributed by atoms with Crippen LogP contribution in [0.4, 0.5) is 11.4 Å². The van der Waals surface area contributed by atoms with E-state index in [2.05, 4.69) is 31.7 Å². The van der Waals surface area contributed by atoms with Gasteiger partial charge in [-0.05, 0) is 55.1 Å². The van der Waals surface area contributed by atoms with Crippen molar-refractivity contribution < 1.29 is 23.6 Å². The van der Waals surface area contributed by atoms with Crippen molar-refractivity contribution in [1.82, 2.24) is 15.8 Å². The van der Waals surface area contributed by atoms with Crippen LogP contribution in [0.5, 0.6) is 5.75 Å². The summed E-state index contributed by atoms with van der Waals surface area (Å²) in [5, 5.41) is 11.3. The standard InChI is InChI=1S/C29H28BrN5O5.ClH/c1-17(31-2)27(36)33-22-16-35(29(38)26-12-13-32-40-26)24-7-5-4-6-23(24)34(28(22)37)15-21-20-10-9-19(30)14-18(20)8-11-25(21)39-3;/h4-14,17,22,31H,15-16H2,1-3H3,(H,33,36);1H/t17-,22-;/m0./s1. The normalized spacial score (nSPS) is 15.5. The van der Waals surface area contributed by atoms with Gasteiger partial charge in [-0.2, -0.15) is 0 Å². The Labute approximate surface area is 251 Å². The second kappa shape index (κ2) is 12.7. The van der Waals surface area contributed by atoms with Gasteiger partial charge in [0, 0.05) is 16.1 Å². The minimum absolute atomic E-state index is 0. The van der Waals surface area contributed by atoms with Crippen molar-refractivity contribution in [2.45, 2.75) is 25.6 Å². The molecule has 0 saturated heterocycles. The van der Waals surface area contributed by atoms with E-state index in [4.69, 9.17) is 9.26 Å². The smallest absolute Gasteiger partial charge is 0.297 e. The highest BCUT2D eigenvalue weighted by Crippen LogP contribution is 2.38. The molecule has 3 aromatic carbocycles. The number of hydrogen-bond donors (Lipinski definition) is 2. The van der Waals surface area contributed by atoms with E-state index in [1.165, 1.54) is 17.2 Å². The maximum atomic E-state index is 14.3. The van der Waals surface area contributed by atoms with E-state index < -0.39 is 18.0 Å². The molecule has 10 nitrogen and oxygen atoms in total. The Morgan fingerprint density at radius 1 is 1.15 bits per heavy atom. The Kier molecular flexibility index (Phi) is 9.31. The van der Waals surface area contributed by atoms with Gasteiger partial charge in [0.15, 0.2) is 0 Å². The molecule has 1 aromatic heterocycles. The predicted octanol–water partition coefficient (Wildman–Crippen LogP) is 4.31. The summed E-state index contributed by atoms with van der Waals surface area (Å²) in [7, 11) is 3.24. The lowest BCUT2D eigenvalue weighted by Gasteiger charge is -2.27. The molecule has 0 aliphatic carbocycles. The lowest BCUT2D eigenvalue weighted by atomic mass is 10.0. The molecule has 1 aliphatic heterocycles. The van der Waals surface area contributed by atoms with E-state index in [0.717, 1.165) is 20.8 Å². The maximum Gasteiger partial charge on any atom is 0.297 e. The summed E-state index contributed by atoms with van der Waals surface area (Å²) in [5.74, 6) is -0.582. The number of nitrogens with zero attached hydrogens (tertiary/aromatic N) is 3. The predicted molar refractivity (Wildman–Crippen MR) is 162 cm³/mol. The number of nitrogens with one attached hydrogen (secondary N) is 2. The van der Waals surface area contributed by atoms with E-state index in [1.54, 1.807) is 50.2 Å². The van der Waals surface area contributed by atoms with Crippen LogP contribution in [0.15, 0.2) is 75.9 Å². The van der Waals surface area contributed by atoms with Gasteiger partial charge in [-0.1, -0.05) is 45.4 Å². The molecule has 2 N–H and O–H groups in total. The first-order chi connectivity index (χ1) is 19.3. The van der Waals surface area contributed by atoms with E-state index >= 15 is 0 Å². The monoisotopic (exact) mass is 641 g/mol. The number of rotatable bonds is 7. The number of carbonyl (C=O) groups excluding carboxylic acids is 3. The average molecular weight is 643 g/mol. The van der Waals surface area contributed by atoms with Gasteiger partial charge in [0.25, 0.3) is 11.8 Å². The van der Waals surface area contributed by atoms with Crippen molar-refractivity contribution in [2.75, 3.05) is 30.5 Å². The summed E-state index contributed by atoms with van der Waals surface area (Å²) >= 11 is 3.53. The van der Waals surface area contributed by atoms with Crippen LogP contribution in [0.3, 0.4) is 0 Å². The van der Waals surface area contributed by atoms with Gasteiger partial charge in [0.1, 0.15) is 11.8 Å². The molecule has 41 heavy (non-hydrogen) atoms. The number of ether oxygens (including phenoxy) is 1. The summed E-state index contributed by atoms with van der Waals surface area (Å²) in [6.07, 6.45) is 1.38. The van der Waals surface area contributed by atoms with Crippen LogP contribution in [0.25, 0.3) is 10.8 Å². The average Bonchev–Trinajstić information content (AvgIpc) is 3.48. The van der Waals surface area contributed by atoms with Crippen molar-refractivity contribution >= 4 is 68.2 Å². The van der Waals surface area contributed by atoms with Crippen molar-refractivity contribution in [3.05, 3.63) is 82.7 Å². The van der Waals surface area contributed by atoms with Gasteiger partial charge in [0.2, 0.25) is 11.7 Å². The van der Waals surface area contributed by atoms with Crippen molar-refractivity contribution in [2.24, 2.45) is 0 Å². The Morgan fingerprint density at radius 2 is 1.90 bits per heavy atom. The molecule has 0 unspecified atom stereocenters. The fraction of sp³-hybridized carbons (Fsp3) is 0.241. The van der Waals surface area contributed by atoms with Crippen LogP contribution in [0, 0.1) is 0 Å². The summed E-state index contributed by atoms with van der Waals surface area (Å²) in [4.78, 5) is 43.9. The number of carbonyl (C=O) groups is 3. The quantitative estimate of drug-likeness (QED) is 0.309.